The fourth-order valence-electron chi connectivity index (χ4n) is 8.24. The fourth-order valence-corrected chi connectivity index (χ4v) is 8.24. The van der Waals surface area contributed by atoms with Crippen molar-refractivity contribution in [2.45, 2.75) is 0 Å². The van der Waals surface area contributed by atoms with Crippen molar-refractivity contribution in [1.82, 2.24) is 4.98 Å². The van der Waals surface area contributed by atoms with E-state index in [1.807, 2.05) is 18.5 Å². The second-order valence-corrected chi connectivity index (χ2v) is 13.9. The van der Waals surface area contributed by atoms with Gasteiger partial charge >= 0.3 is 0 Å². The number of nitrogens with zero attached hydrogens (tertiary/aromatic N) is 2. The quantitative estimate of drug-likeness (QED) is 0.154. The Balaban J connectivity index is 1.30. The van der Waals surface area contributed by atoms with Gasteiger partial charge < -0.3 is 4.90 Å². The van der Waals surface area contributed by atoms with Crippen molar-refractivity contribution in [3.05, 3.63) is 219 Å². The van der Waals surface area contributed by atoms with Crippen molar-refractivity contribution in [3.63, 3.8) is 0 Å². The van der Waals surface area contributed by atoms with Crippen LogP contribution in [0.15, 0.2) is 219 Å². The zero-order chi connectivity index (χ0) is 36.6. The minimum atomic E-state index is 1.00. The van der Waals surface area contributed by atoms with Crippen LogP contribution < -0.4 is 4.90 Å². The van der Waals surface area contributed by atoms with E-state index < -0.39 is 0 Å². The Labute approximate surface area is 321 Å². The van der Waals surface area contributed by atoms with E-state index in [4.69, 9.17) is 0 Å². The van der Waals surface area contributed by atoms with Crippen LogP contribution in [0.2, 0.25) is 0 Å². The molecule has 9 aromatic carbocycles. The third-order valence-electron chi connectivity index (χ3n) is 10.7. The van der Waals surface area contributed by atoms with Crippen LogP contribution in [0.4, 0.5) is 17.1 Å². The van der Waals surface area contributed by atoms with Crippen molar-refractivity contribution in [2.75, 3.05) is 4.90 Å². The number of hydrogen-bond donors (Lipinski definition) is 0. The lowest BCUT2D eigenvalue weighted by Gasteiger charge is -2.27. The molecule has 0 unspecified atom stereocenters. The van der Waals surface area contributed by atoms with Gasteiger partial charge in [0.05, 0.1) is 11.9 Å². The zero-order valence-corrected chi connectivity index (χ0v) is 30.2. The van der Waals surface area contributed by atoms with Crippen LogP contribution in [-0.4, -0.2) is 4.98 Å². The molecule has 1 heterocycles. The third-order valence-corrected chi connectivity index (χ3v) is 10.7. The van der Waals surface area contributed by atoms with E-state index in [1.165, 1.54) is 76.8 Å². The van der Waals surface area contributed by atoms with E-state index in [9.17, 15) is 0 Å². The topological polar surface area (TPSA) is 16.1 Å². The first-order valence-electron chi connectivity index (χ1n) is 18.8. The molecule has 0 radical (unpaired) electrons. The molecule has 10 rings (SSSR count). The maximum absolute atomic E-state index is 4.56. The fraction of sp³-hybridized carbons (Fsp3) is 0. The van der Waals surface area contributed by atoms with Gasteiger partial charge in [0.25, 0.3) is 0 Å². The third kappa shape index (κ3) is 5.82. The molecule has 0 amide bonds. The minimum Gasteiger partial charge on any atom is -0.309 e. The second kappa shape index (κ2) is 13.9. The second-order valence-electron chi connectivity index (χ2n) is 13.9. The number of fused-ring (bicyclic) bond motifs is 6. The lowest BCUT2D eigenvalue weighted by Crippen LogP contribution is -2.10. The van der Waals surface area contributed by atoms with E-state index >= 15 is 0 Å². The summed E-state index contributed by atoms with van der Waals surface area (Å²) < 4.78 is 0. The molecule has 0 spiro atoms. The molecule has 0 saturated carbocycles. The molecular formula is C53H36N2. The van der Waals surface area contributed by atoms with Crippen LogP contribution in [0, 0.1) is 0 Å². The van der Waals surface area contributed by atoms with E-state index in [1.54, 1.807) is 0 Å². The molecule has 0 atom stereocenters. The number of anilines is 3. The van der Waals surface area contributed by atoms with Gasteiger partial charge in [0.2, 0.25) is 0 Å². The van der Waals surface area contributed by atoms with Crippen LogP contribution in [-0.2, 0) is 0 Å². The molecule has 1 aromatic heterocycles. The molecular weight excluding hydrogens is 665 g/mol. The molecule has 0 bridgehead atoms. The van der Waals surface area contributed by atoms with Crippen molar-refractivity contribution < 1.29 is 0 Å². The summed E-state index contributed by atoms with van der Waals surface area (Å²) in [4.78, 5) is 6.87. The molecule has 2 nitrogen and oxygen atoms in total. The predicted molar refractivity (Wildman–Crippen MR) is 233 cm³/mol. The lowest BCUT2D eigenvalue weighted by molar-refractivity contribution is 1.23. The maximum atomic E-state index is 4.56. The summed E-state index contributed by atoms with van der Waals surface area (Å²) in [5.74, 6) is 0. The standard InChI is InChI=1S/C53H36N2/c1-5-16-37(17-6-1)38-27-29-42(30-28-38)55(44-24-15-33-54-36-44)43-31-32-47-50(34-43)45-25-13-14-26-46(45)52-49(40-20-9-3-10-21-40)35-48(39-18-7-2-8-19-39)51(53(47)52)41-22-11-4-12-23-41/h1-36H. The van der Waals surface area contributed by atoms with Gasteiger partial charge in [0, 0.05) is 17.6 Å². The lowest BCUT2D eigenvalue weighted by atomic mass is 9.81. The highest BCUT2D eigenvalue weighted by Crippen LogP contribution is 2.50. The molecule has 55 heavy (non-hydrogen) atoms. The molecule has 0 aliphatic heterocycles. The van der Waals surface area contributed by atoms with Crippen LogP contribution in [0.25, 0.3) is 76.8 Å². The first kappa shape index (κ1) is 32.4. The summed E-state index contributed by atoms with van der Waals surface area (Å²) in [6.45, 7) is 0. The van der Waals surface area contributed by atoms with Gasteiger partial charge in [-0.2, -0.15) is 0 Å². The molecule has 10 aromatic rings. The predicted octanol–water partition coefficient (Wildman–Crippen LogP) is 14.7. The molecule has 0 saturated heterocycles. The van der Waals surface area contributed by atoms with Crippen molar-refractivity contribution in [3.8, 4) is 44.5 Å². The maximum Gasteiger partial charge on any atom is 0.0644 e. The molecule has 2 heteroatoms. The Kier molecular flexibility index (Phi) is 8.20. The van der Waals surface area contributed by atoms with Gasteiger partial charge in [-0.15, -0.1) is 0 Å². The van der Waals surface area contributed by atoms with Crippen molar-refractivity contribution >= 4 is 49.4 Å². The van der Waals surface area contributed by atoms with Gasteiger partial charge in [0.1, 0.15) is 0 Å². The molecule has 0 aliphatic rings. The molecule has 0 fully saturated rings. The molecule has 0 aliphatic carbocycles. The minimum absolute atomic E-state index is 1.00. The first-order chi connectivity index (χ1) is 27.3. The van der Waals surface area contributed by atoms with Crippen LogP contribution >= 0.6 is 0 Å². The summed E-state index contributed by atoms with van der Waals surface area (Å²) in [7, 11) is 0. The normalized spacial score (nSPS) is 11.3. The highest BCUT2D eigenvalue weighted by Gasteiger charge is 2.23. The summed E-state index contributed by atoms with van der Waals surface area (Å²) in [5, 5.41) is 7.40. The van der Waals surface area contributed by atoms with E-state index in [0.717, 1.165) is 17.1 Å². The molecule has 0 N–H and O–H groups in total. The largest absolute Gasteiger partial charge is 0.309 e. The average molecular weight is 701 g/mol. The Hall–Kier alpha value is -7.29. The summed E-state index contributed by atoms with van der Waals surface area (Å²) in [5.41, 5.74) is 12.8. The van der Waals surface area contributed by atoms with E-state index in [2.05, 4.69) is 210 Å². The Morgan fingerprint density at radius 3 is 1.47 bits per heavy atom. The summed E-state index contributed by atoms with van der Waals surface area (Å²) in [6.07, 6.45) is 3.78. The summed E-state index contributed by atoms with van der Waals surface area (Å²) in [6, 6.07) is 74.5. The Morgan fingerprint density at radius 1 is 0.309 bits per heavy atom. The van der Waals surface area contributed by atoms with Gasteiger partial charge in [-0.1, -0.05) is 164 Å². The van der Waals surface area contributed by atoms with Gasteiger partial charge in [0.15, 0.2) is 0 Å². The Bertz CT molecular complexity index is 2930. The number of rotatable bonds is 7. The van der Waals surface area contributed by atoms with Gasteiger partial charge in [-0.25, -0.2) is 0 Å². The van der Waals surface area contributed by atoms with Crippen LogP contribution in [0.1, 0.15) is 0 Å². The van der Waals surface area contributed by atoms with Crippen molar-refractivity contribution in [2.24, 2.45) is 0 Å². The monoisotopic (exact) mass is 700 g/mol. The van der Waals surface area contributed by atoms with E-state index in [-0.39, 0.29) is 0 Å². The number of hydrogen-bond acceptors (Lipinski definition) is 2. The van der Waals surface area contributed by atoms with Crippen LogP contribution in [0.3, 0.4) is 0 Å². The highest BCUT2D eigenvalue weighted by atomic mass is 15.1. The summed E-state index contributed by atoms with van der Waals surface area (Å²) >= 11 is 0. The SMILES string of the molecule is c1ccc(-c2ccc(N(c3cccnc3)c3ccc4c(c3)c3ccccc3c3c(-c5ccccc5)cc(-c5ccccc5)c(-c5ccccc5)c43)cc2)cc1. The Morgan fingerprint density at radius 2 is 0.836 bits per heavy atom. The molecule has 258 valence electrons. The van der Waals surface area contributed by atoms with Crippen molar-refractivity contribution in [1.29, 1.82) is 0 Å². The average Bonchev–Trinajstić information content (AvgIpc) is 3.28. The zero-order valence-electron chi connectivity index (χ0n) is 30.2. The smallest absolute Gasteiger partial charge is 0.0644 e. The highest BCUT2D eigenvalue weighted by molar-refractivity contribution is 6.33. The number of benzene rings is 9. The number of pyridine rings is 1. The van der Waals surface area contributed by atoms with Gasteiger partial charge in [-0.05, 0) is 119 Å². The number of aromatic nitrogens is 1. The van der Waals surface area contributed by atoms with Crippen LogP contribution in [0.5, 0.6) is 0 Å². The first-order valence-corrected chi connectivity index (χ1v) is 18.8. The van der Waals surface area contributed by atoms with Gasteiger partial charge in [-0.3, -0.25) is 4.98 Å². The van der Waals surface area contributed by atoms with E-state index in [0.29, 0.717) is 0 Å².